The molecule has 3 rings (SSSR count). The molecule has 0 radical (unpaired) electrons. The van der Waals surface area contributed by atoms with Gasteiger partial charge in [0.25, 0.3) is 0 Å². The Morgan fingerprint density at radius 1 is 1.11 bits per heavy atom. The molecule has 0 aliphatic heterocycles. The maximum atomic E-state index is 6.03. The summed E-state index contributed by atoms with van der Waals surface area (Å²) >= 11 is 5.32. The molecule has 1 atom stereocenters. The zero-order valence-electron chi connectivity index (χ0n) is 15.4. The number of aryl methyl sites for hydroxylation is 1. The second-order valence-corrected chi connectivity index (χ2v) is 6.58. The summed E-state index contributed by atoms with van der Waals surface area (Å²) < 4.78 is 15.7. The molecule has 1 heterocycles. The number of nitrogens with zero attached hydrogens (tertiary/aromatic N) is 2. The quantitative estimate of drug-likeness (QED) is 0.623. The lowest BCUT2D eigenvalue weighted by atomic mass is 9.91. The van der Waals surface area contributed by atoms with Crippen molar-refractivity contribution in [2.75, 3.05) is 14.2 Å². The SMILES string of the molecule is COc1ccc(C(Cc2ccc(-c3noc(C)n3)cc2)C(N)=S)cc1OC. The summed E-state index contributed by atoms with van der Waals surface area (Å²) in [5, 5.41) is 3.94. The van der Waals surface area contributed by atoms with Crippen LogP contribution in [0.4, 0.5) is 0 Å². The number of nitrogens with two attached hydrogens (primary N) is 1. The Morgan fingerprint density at radius 3 is 2.37 bits per heavy atom. The van der Waals surface area contributed by atoms with E-state index in [0.29, 0.717) is 34.6 Å². The predicted molar refractivity (Wildman–Crippen MR) is 107 cm³/mol. The summed E-state index contributed by atoms with van der Waals surface area (Å²) in [6, 6.07) is 13.7. The van der Waals surface area contributed by atoms with Crippen molar-refractivity contribution in [1.82, 2.24) is 10.1 Å². The number of hydrogen-bond donors (Lipinski definition) is 1. The fourth-order valence-corrected chi connectivity index (χ4v) is 3.11. The third kappa shape index (κ3) is 4.25. The normalized spacial score (nSPS) is 11.8. The number of benzene rings is 2. The summed E-state index contributed by atoms with van der Waals surface area (Å²) in [5.74, 6) is 2.32. The molecule has 0 aliphatic carbocycles. The van der Waals surface area contributed by atoms with E-state index in [0.717, 1.165) is 16.7 Å². The van der Waals surface area contributed by atoms with E-state index >= 15 is 0 Å². The van der Waals surface area contributed by atoms with Crippen LogP contribution in [0.3, 0.4) is 0 Å². The predicted octanol–water partition coefficient (Wildman–Crippen LogP) is 3.67. The third-order valence-electron chi connectivity index (χ3n) is 4.33. The Balaban J connectivity index is 1.83. The van der Waals surface area contributed by atoms with E-state index in [1.54, 1.807) is 21.1 Å². The molecular weight excluding hydrogens is 362 g/mol. The van der Waals surface area contributed by atoms with E-state index in [9.17, 15) is 0 Å². The monoisotopic (exact) mass is 383 g/mol. The average Bonchev–Trinajstić information content (AvgIpc) is 3.12. The van der Waals surface area contributed by atoms with Crippen molar-refractivity contribution in [3.63, 3.8) is 0 Å². The molecule has 0 spiro atoms. The Bertz CT molecular complexity index is 938. The van der Waals surface area contributed by atoms with E-state index in [1.165, 1.54) is 0 Å². The summed E-state index contributed by atoms with van der Waals surface area (Å²) in [6.45, 7) is 1.76. The van der Waals surface area contributed by atoms with Gasteiger partial charge in [0.1, 0.15) is 0 Å². The van der Waals surface area contributed by atoms with Gasteiger partial charge in [0.15, 0.2) is 11.5 Å². The van der Waals surface area contributed by atoms with Crippen LogP contribution in [-0.4, -0.2) is 29.3 Å². The molecule has 1 aromatic heterocycles. The van der Waals surface area contributed by atoms with Gasteiger partial charge in [0.05, 0.1) is 19.2 Å². The Morgan fingerprint density at radius 2 is 1.81 bits per heavy atom. The number of thiocarbonyl (C=S) groups is 1. The lowest BCUT2D eigenvalue weighted by molar-refractivity contribution is 0.354. The van der Waals surface area contributed by atoms with Crippen molar-refractivity contribution >= 4 is 17.2 Å². The maximum Gasteiger partial charge on any atom is 0.223 e. The van der Waals surface area contributed by atoms with Crippen LogP contribution in [0.25, 0.3) is 11.4 Å². The zero-order chi connectivity index (χ0) is 19.4. The number of hydrogen-bond acceptors (Lipinski definition) is 6. The average molecular weight is 383 g/mol. The number of ether oxygens (including phenoxy) is 2. The molecule has 0 aliphatic rings. The number of methoxy groups -OCH3 is 2. The van der Waals surface area contributed by atoms with Crippen LogP contribution in [0.15, 0.2) is 47.0 Å². The number of aromatic nitrogens is 2. The van der Waals surface area contributed by atoms with E-state index in [4.69, 9.17) is 31.9 Å². The first-order chi connectivity index (χ1) is 13.0. The first-order valence-electron chi connectivity index (χ1n) is 8.42. The zero-order valence-corrected chi connectivity index (χ0v) is 16.2. The molecule has 0 saturated carbocycles. The van der Waals surface area contributed by atoms with E-state index < -0.39 is 0 Å². The summed E-state index contributed by atoms with van der Waals surface area (Å²) in [5.41, 5.74) is 9.01. The van der Waals surface area contributed by atoms with Gasteiger partial charge >= 0.3 is 0 Å². The van der Waals surface area contributed by atoms with E-state index in [-0.39, 0.29) is 5.92 Å². The minimum atomic E-state index is -0.113. The van der Waals surface area contributed by atoms with Crippen molar-refractivity contribution in [3.05, 3.63) is 59.5 Å². The van der Waals surface area contributed by atoms with Crippen LogP contribution in [0.5, 0.6) is 11.5 Å². The molecule has 0 saturated heterocycles. The summed E-state index contributed by atoms with van der Waals surface area (Å²) in [6.07, 6.45) is 0.677. The molecule has 7 heteroatoms. The largest absolute Gasteiger partial charge is 0.493 e. The molecular formula is C20H21N3O3S. The first-order valence-corrected chi connectivity index (χ1v) is 8.83. The Labute approximate surface area is 163 Å². The second kappa shape index (κ2) is 8.18. The van der Waals surface area contributed by atoms with Crippen molar-refractivity contribution in [3.8, 4) is 22.9 Å². The van der Waals surface area contributed by atoms with Crippen LogP contribution in [0.2, 0.25) is 0 Å². The highest BCUT2D eigenvalue weighted by Gasteiger charge is 2.18. The first kappa shape index (κ1) is 18.8. The highest BCUT2D eigenvalue weighted by Crippen LogP contribution is 2.32. The molecule has 140 valence electrons. The fourth-order valence-electron chi connectivity index (χ4n) is 2.89. The standard InChI is InChI=1S/C20H21N3O3S/c1-12-22-20(23-26-12)14-6-4-13(5-7-14)10-16(19(21)27)15-8-9-17(24-2)18(11-15)25-3/h4-9,11,16H,10H2,1-3H3,(H2,21,27). The third-order valence-corrected chi connectivity index (χ3v) is 4.62. The van der Waals surface area contributed by atoms with Gasteiger partial charge in [0, 0.05) is 18.4 Å². The van der Waals surface area contributed by atoms with Gasteiger partial charge in [0.2, 0.25) is 11.7 Å². The smallest absolute Gasteiger partial charge is 0.223 e. The molecule has 0 bridgehead atoms. The summed E-state index contributed by atoms with van der Waals surface area (Å²) in [4.78, 5) is 4.67. The van der Waals surface area contributed by atoms with Gasteiger partial charge in [-0.1, -0.05) is 47.7 Å². The maximum absolute atomic E-state index is 6.03. The minimum Gasteiger partial charge on any atom is -0.493 e. The molecule has 6 nitrogen and oxygen atoms in total. The lowest BCUT2D eigenvalue weighted by Gasteiger charge is -2.18. The van der Waals surface area contributed by atoms with Gasteiger partial charge in [-0.05, 0) is 29.7 Å². The Kier molecular flexibility index (Phi) is 5.71. The number of rotatable bonds is 7. The highest BCUT2D eigenvalue weighted by atomic mass is 32.1. The molecule has 27 heavy (non-hydrogen) atoms. The van der Waals surface area contributed by atoms with Gasteiger partial charge in [-0.15, -0.1) is 0 Å². The van der Waals surface area contributed by atoms with Crippen molar-refractivity contribution in [2.24, 2.45) is 5.73 Å². The minimum absolute atomic E-state index is 0.113. The molecule has 2 aromatic carbocycles. The van der Waals surface area contributed by atoms with E-state index in [1.807, 2.05) is 42.5 Å². The van der Waals surface area contributed by atoms with Gasteiger partial charge in [-0.2, -0.15) is 4.98 Å². The van der Waals surface area contributed by atoms with Crippen LogP contribution in [0.1, 0.15) is 22.9 Å². The molecule has 0 fully saturated rings. The highest BCUT2D eigenvalue weighted by molar-refractivity contribution is 7.80. The van der Waals surface area contributed by atoms with Crippen LogP contribution in [-0.2, 0) is 6.42 Å². The van der Waals surface area contributed by atoms with Gasteiger partial charge in [-0.3, -0.25) is 0 Å². The lowest BCUT2D eigenvalue weighted by Crippen LogP contribution is -2.21. The molecule has 3 aromatic rings. The Hall–Kier alpha value is -2.93. The molecule has 2 N–H and O–H groups in total. The molecule has 0 amide bonds. The van der Waals surface area contributed by atoms with Crippen molar-refractivity contribution < 1.29 is 14.0 Å². The van der Waals surface area contributed by atoms with Crippen LogP contribution in [0, 0.1) is 6.92 Å². The van der Waals surface area contributed by atoms with Crippen LogP contribution < -0.4 is 15.2 Å². The fraction of sp³-hybridized carbons (Fsp3) is 0.250. The van der Waals surface area contributed by atoms with Crippen molar-refractivity contribution in [2.45, 2.75) is 19.3 Å². The second-order valence-electron chi connectivity index (χ2n) is 6.11. The van der Waals surface area contributed by atoms with Crippen molar-refractivity contribution in [1.29, 1.82) is 0 Å². The van der Waals surface area contributed by atoms with Crippen LogP contribution >= 0.6 is 12.2 Å². The summed E-state index contributed by atoms with van der Waals surface area (Å²) in [7, 11) is 3.21. The van der Waals surface area contributed by atoms with E-state index in [2.05, 4.69) is 10.1 Å². The van der Waals surface area contributed by atoms with Gasteiger partial charge in [-0.25, -0.2) is 0 Å². The molecule has 1 unspecified atom stereocenters. The topological polar surface area (TPSA) is 83.4 Å². The van der Waals surface area contributed by atoms with Gasteiger partial charge < -0.3 is 19.7 Å².